The number of aryl methyl sites for hydroxylation is 1. The van der Waals surface area contributed by atoms with Gasteiger partial charge in [0.25, 0.3) is 0 Å². The molecule has 1 unspecified atom stereocenters. The summed E-state index contributed by atoms with van der Waals surface area (Å²) in [6.07, 6.45) is 5.66. The van der Waals surface area contributed by atoms with Gasteiger partial charge in [-0.1, -0.05) is 0 Å². The fourth-order valence-corrected chi connectivity index (χ4v) is 4.87. The van der Waals surface area contributed by atoms with Gasteiger partial charge in [0.05, 0.1) is 22.6 Å². The molecule has 1 saturated carbocycles. The van der Waals surface area contributed by atoms with Crippen LogP contribution in [0.15, 0.2) is 4.90 Å². The zero-order chi connectivity index (χ0) is 18.1. The molecule has 4 rings (SSSR count). The predicted octanol–water partition coefficient (Wildman–Crippen LogP) is 1.86. The Morgan fingerprint density at radius 3 is 2.85 bits per heavy atom. The molecule has 1 atom stereocenters. The van der Waals surface area contributed by atoms with Crippen LogP contribution in [-0.4, -0.2) is 52.3 Å². The van der Waals surface area contributed by atoms with E-state index < -0.39 is 16.3 Å². The Kier molecular flexibility index (Phi) is 4.84. The van der Waals surface area contributed by atoms with Crippen molar-refractivity contribution in [2.45, 2.75) is 49.0 Å². The van der Waals surface area contributed by atoms with Gasteiger partial charge in [-0.15, -0.1) is 0 Å². The van der Waals surface area contributed by atoms with Gasteiger partial charge in [-0.05, 0) is 38.0 Å². The van der Waals surface area contributed by atoms with Gasteiger partial charge in [0.2, 0.25) is 5.95 Å². The SMILES string of the molecule is CN(CCC1CCOCC1)c1nc2c(c(NC3(C#N)CC3)n1)S(=O)CC2. The number of hydrogen-bond donors (Lipinski definition) is 1. The minimum Gasteiger partial charge on any atom is -0.381 e. The van der Waals surface area contributed by atoms with E-state index in [0.717, 1.165) is 57.6 Å². The number of ether oxygens (including phenoxy) is 1. The molecule has 1 saturated heterocycles. The van der Waals surface area contributed by atoms with Crippen molar-refractivity contribution in [3.8, 4) is 6.07 Å². The smallest absolute Gasteiger partial charge is 0.227 e. The fourth-order valence-electron chi connectivity index (χ4n) is 3.57. The minimum atomic E-state index is -1.08. The van der Waals surface area contributed by atoms with Crippen LogP contribution in [0.5, 0.6) is 0 Å². The third-order valence-electron chi connectivity index (χ3n) is 5.55. The molecular weight excluding hydrogens is 350 g/mol. The summed E-state index contributed by atoms with van der Waals surface area (Å²) >= 11 is 0. The molecule has 26 heavy (non-hydrogen) atoms. The summed E-state index contributed by atoms with van der Waals surface area (Å²) in [6, 6.07) is 2.33. The molecule has 0 radical (unpaired) electrons. The third kappa shape index (κ3) is 3.55. The first-order chi connectivity index (χ1) is 12.6. The van der Waals surface area contributed by atoms with Crippen molar-refractivity contribution < 1.29 is 8.95 Å². The van der Waals surface area contributed by atoms with Crippen molar-refractivity contribution in [3.63, 3.8) is 0 Å². The van der Waals surface area contributed by atoms with Gasteiger partial charge in [0.1, 0.15) is 16.3 Å². The van der Waals surface area contributed by atoms with Crippen LogP contribution >= 0.6 is 0 Å². The van der Waals surface area contributed by atoms with Crippen LogP contribution in [0.25, 0.3) is 0 Å². The first kappa shape index (κ1) is 17.7. The lowest BCUT2D eigenvalue weighted by Gasteiger charge is -2.25. The number of rotatable bonds is 6. The Labute approximate surface area is 156 Å². The maximum atomic E-state index is 12.4. The van der Waals surface area contributed by atoms with E-state index in [4.69, 9.17) is 4.74 Å². The van der Waals surface area contributed by atoms with Gasteiger partial charge < -0.3 is 15.0 Å². The van der Waals surface area contributed by atoms with E-state index in [9.17, 15) is 9.47 Å². The number of nitrogens with zero attached hydrogens (tertiary/aromatic N) is 4. The number of fused-ring (bicyclic) bond motifs is 1. The second-order valence-corrected chi connectivity index (χ2v) is 9.04. The highest BCUT2D eigenvalue weighted by Gasteiger charge is 2.45. The van der Waals surface area contributed by atoms with E-state index in [1.54, 1.807) is 0 Å². The van der Waals surface area contributed by atoms with Crippen LogP contribution in [-0.2, 0) is 22.0 Å². The molecule has 2 aliphatic heterocycles. The molecule has 0 spiro atoms. The van der Waals surface area contributed by atoms with E-state index in [2.05, 4.69) is 26.3 Å². The molecule has 1 aliphatic carbocycles. The normalized spacial score (nSPS) is 23.9. The number of aromatic nitrogens is 2. The average Bonchev–Trinajstić information content (AvgIpc) is 3.34. The van der Waals surface area contributed by atoms with Crippen molar-refractivity contribution in [2.24, 2.45) is 5.92 Å². The summed E-state index contributed by atoms with van der Waals surface area (Å²) in [6.45, 7) is 2.61. The molecule has 3 aliphatic rings. The molecule has 0 amide bonds. The first-order valence-electron chi connectivity index (χ1n) is 9.38. The van der Waals surface area contributed by atoms with Gasteiger partial charge in [0.15, 0.2) is 0 Å². The lowest BCUT2D eigenvalue weighted by atomic mass is 9.96. The fraction of sp³-hybridized carbons (Fsp3) is 0.722. The van der Waals surface area contributed by atoms with Crippen LogP contribution in [0.1, 0.15) is 37.8 Å². The van der Waals surface area contributed by atoms with E-state index in [0.29, 0.717) is 34.8 Å². The molecular formula is C18H25N5O2S. The highest BCUT2D eigenvalue weighted by atomic mass is 32.2. The Morgan fingerprint density at radius 2 is 2.15 bits per heavy atom. The lowest BCUT2D eigenvalue weighted by molar-refractivity contribution is 0.0645. The topological polar surface area (TPSA) is 91.1 Å². The third-order valence-corrected chi connectivity index (χ3v) is 7.01. The summed E-state index contributed by atoms with van der Waals surface area (Å²) < 4.78 is 17.8. The highest BCUT2D eigenvalue weighted by Crippen LogP contribution is 2.40. The minimum absolute atomic E-state index is 0.535. The summed E-state index contributed by atoms with van der Waals surface area (Å²) in [5.41, 5.74) is 0.329. The van der Waals surface area contributed by atoms with Gasteiger partial charge in [-0.3, -0.25) is 4.21 Å². The van der Waals surface area contributed by atoms with Crippen molar-refractivity contribution in [3.05, 3.63) is 5.69 Å². The molecule has 0 aromatic carbocycles. The first-order valence-corrected chi connectivity index (χ1v) is 10.7. The number of nitrogens with one attached hydrogen (secondary N) is 1. The van der Waals surface area contributed by atoms with Crippen molar-refractivity contribution in [1.29, 1.82) is 5.26 Å². The Bertz CT molecular complexity index is 753. The van der Waals surface area contributed by atoms with Crippen LogP contribution in [0.2, 0.25) is 0 Å². The second-order valence-electron chi connectivity index (χ2n) is 7.53. The van der Waals surface area contributed by atoms with Crippen LogP contribution < -0.4 is 10.2 Å². The maximum absolute atomic E-state index is 12.4. The molecule has 1 N–H and O–H groups in total. The summed E-state index contributed by atoms with van der Waals surface area (Å²) in [7, 11) is 0.931. The summed E-state index contributed by atoms with van der Waals surface area (Å²) in [4.78, 5) is 12.1. The Morgan fingerprint density at radius 1 is 1.38 bits per heavy atom. The van der Waals surface area contributed by atoms with Crippen LogP contribution in [0.3, 0.4) is 0 Å². The molecule has 2 fully saturated rings. The molecule has 1 aromatic rings. The highest BCUT2D eigenvalue weighted by molar-refractivity contribution is 7.85. The predicted molar refractivity (Wildman–Crippen MR) is 99.6 cm³/mol. The van der Waals surface area contributed by atoms with Gasteiger partial charge >= 0.3 is 0 Å². The molecule has 7 nitrogen and oxygen atoms in total. The van der Waals surface area contributed by atoms with E-state index in [1.807, 2.05) is 7.05 Å². The molecule has 3 heterocycles. The second kappa shape index (κ2) is 7.12. The Balaban J connectivity index is 1.52. The number of hydrogen-bond acceptors (Lipinski definition) is 7. The van der Waals surface area contributed by atoms with Gasteiger partial charge in [0, 0.05) is 39.0 Å². The maximum Gasteiger partial charge on any atom is 0.227 e. The summed E-state index contributed by atoms with van der Waals surface area (Å²) in [5, 5.41) is 12.6. The van der Waals surface area contributed by atoms with Crippen molar-refractivity contribution in [1.82, 2.24) is 9.97 Å². The van der Waals surface area contributed by atoms with Crippen LogP contribution in [0, 0.1) is 17.2 Å². The molecule has 0 bridgehead atoms. The number of anilines is 2. The largest absolute Gasteiger partial charge is 0.381 e. The summed E-state index contributed by atoms with van der Waals surface area (Å²) in [5.74, 6) is 2.54. The van der Waals surface area contributed by atoms with E-state index >= 15 is 0 Å². The zero-order valence-corrected chi connectivity index (χ0v) is 16.0. The van der Waals surface area contributed by atoms with E-state index in [-0.39, 0.29) is 0 Å². The number of nitriles is 1. The van der Waals surface area contributed by atoms with Crippen LogP contribution in [0.4, 0.5) is 11.8 Å². The Hall–Kier alpha value is -1.72. The van der Waals surface area contributed by atoms with Gasteiger partial charge in [-0.2, -0.15) is 10.2 Å². The molecule has 8 heteroatoms. The van der Waals surface area contributed by atoms with Crippen molar-refractivity contribution in [2.75, 3.05) is 42.8 Å². The zero-order valence-electron chi connectivity index (χ0n) is 15.2. The van der Waals surface area contributed by atoms with Crippen molar-refractivity contribution >= 4 is 22.6 Å². The quantitative estimate of drug-likeness (QED) is 0.811. The molecule has 1 aromatic heterocycles. The van der Waals surface area contributed by atoms with E-state index in [1.165, 1.54) is 0 Å². The van der Waals surface area contributed by atoms with Gasteiger partial charge in [-0.25, -0.2) is 4.98 Å². The monoisotopic (exact) mass is 375 g/mol. The standard InChI is InChI=1S/C18H25N5O2S/c1-23(8-2-13-3-9-25-10-4-13)17-20-14-5-11-26(24)15(14)16(21-17)22-18(12-19)6-7-18/h13H,2-11H2,1H3,(H,20,21,22). The lowest BCUT2D eigenvalue weighted by Crippen LogP contribution is -2.27. The molecule has 140 valence electrons. The average molecular weight is 375 g/mol.